The van der Waals surface area contributed by atoms with Gasteiger partial charge in [-0.05, 0) is 25.8 Å². The minimum absolute atomic E-state index is 0.128. The van der Waals surface area contributed by atoms with E-state index in [2.05, 4.69) is 5.32 Å². The van der Waals surface area contributed by atoms with Crippen LogP contribution in [0.2, 0.25) is 0 Å². The summed E-state index contributed by atoms with van der Waals surface area (Å²) in [5.74, 6) is 0.244. The molecule has 1 saturated heterocycles. The molecule has 0 spiro atoms. The third kappa shape index (κ3) is 4.50. The summed E-state index contributed by atoms with van der Waals surface area (Å²) in [7, 11) is 1.11. The highest BCUT2D eigenvalue weighted by molar-refractivity contribution is 7.86. The second-order valence-electron chi connectivity index (χ2n) is 6.46. The Hall–Kier alpha value is -1.64. The standard InChI is InChI=1S/C17H27N3O4S/c1-13(15-9-5-6-10-16(15)24-4)18-17(21)14-8-7-11-20(12-14)25(22,23)19(2)3/h5-6,9-10,13-14H,7-8,11-12H2,1-4H3,(H,18,21)/t13-,14+/m0/s1. The molecule has 140 valence electrons. The number of ether oxygens (including phenoxy) is 1. The Morgan fingerprint density at radius 3 is 2.68 bits per heavy atom. The quantitative estimate of drug-likeness (QED) is 0.822. The van der Waals surface area contributed by atoms with E-state index >= 15 is 0 Å². The Bertz CT molecular complexity index is 706. The number of para-hydroxylation sites is 1. The van der Waals surface area contributed by atoms with Crippen molar-refractivity contribution >= 4 is 16.1 Å². The topological polar surface area (TPSA) is 79.0 Å². The van der Waals surface area contributed by atoms with E-state index in [1.165, 1.54) is 22.7 Å². The molecule has 1 aliphatic heterocycles. The van der Waals surface area contributed by atoms with Gasteiger partial charge in [-0.1, -0.05) is 18.2 Å². The molecule has 1 aliphatic rings. The van der Waals surface area contributed by atoms with Crippen molar-refractivity contribution in [3.63, 3.8) is 0 Å². The van der Waals surface area contributed by atoms with Crippen molar-refractivity contribution in [1.29, 1.82) is 0 Å². The Kier molecular flexibility index (Phi) is 6.42. The summed E-state index contributed by atoms with van der Waals surface area (Å²) in [5, 5.41) is 2.99. The maximum atomic E-state index is 12.6. The van der Waals surface area contributed by atoms with E-state index in [1.807, 2.05) is 31.2 Å². The van der Waals surface area contributed by atoms with Crippen LogP contribution in [0.3, 0.4) is 0 Å². The van der Waals surface area contributed by atoms with Gasteiger partial charge in [0.2, 0.25) is 5.91 Å². The van der Waals surface area contributed by atoms with Crippen molar-refractivity contribution in [2.75, 3.05) is 34.3 Å². The van der Waals surface area contributed by atoms with Crippen molar-refractivity contribution in [3.8, 4) is 5.75 Å². The Balaban J connectivity index is 2.05. The first-order valence-corrected chi connectivity index (χ1v) is 9.78. The van der Waals surface area contributed by atoms with E-state index in [1.54, 1.807) is 7.11 Å². The van der Waals surface area contributed by atoms with Crippen LogP contribution in [0.1, 0.15) is 31.4 Å². The number of piperidine rings is 1. The van der Waals surface area contributed by atoms with E-state index < -0.39 is 10.2 Å². The summed E-state index contributed by atoms with van der Waals surface area (Å²) in [6.45, 7) is 2.56. The van der Waals surface area contributed by atoms with E-state index in [4.69, 9.17) is 4.74 Å². The molecule has 8 heteroatoms. The number of methoxy groups -OCH3 is 1. The molecule has 0 saturated carbocycles. The number of hydrogen-bond donors (Lipinski definition) is 1. The highest BCUT2D eigenvalue weighted by Crippen LogP contribution is 2.26. The predicted molar refractivity (Wildman–Crippen MR) is 96.5 cm³/mol. The molecule has 1 amide bonds. The lowest BCUT2D eigenvalue weighted by Gasteiger charge is -2.33. The van der Waals surface area contributed by atoms with Crippen molar-refractivity contribution in [2.24, 2.45) is 5.92 Å². The average molecular weight is 369 g/mol. The van der Waals surface area contributed by atoms with E-state index in [0.29, 0.717) is 19.4 Å². The summed E-state index contributed by atoms with van der Waals surface area (Å²) in [6.07, 6.45) is 1.36. The fraction of sp³-hybridized carbons (Fsp3) is 0.588. The molecular weight excluding hydrogens is 342 g/mol. The first-order valence-electron chi connectivity index (χ1n) is 8.38. The van der Waals surface area contributed by atoms with E-state index in [-0.39, 0.29) is 24.4 Å². The maximum absolute atomic E-state index is 12.6. The van der Waals surface area contributed by atoms with Crippen molar-refractivity contribution in [1.82, 2.24) is 13.9 Å². The van der Waals surface area contributed by atoms with Crippen molar-refractivity contribution in [3.05, 3.63) is 29.8 Å². The Morgan fingerprint density at radius 2 is 2.04 bits per heavy atom. The molecule has 1 aromatic rings. The summed E-state index contributed by atoms with van der Waals surface area (Å²) >= 11 is 0. The molecule has 0 unspecified atom stereocenters. The fourth-order valence-corrected chi connectivity index (χ4v) is 4.22. The number of benzene rings is 1. The molecule has 0 bridgehead atoms. The molecule has 1 aromatic carbocycles. The van der Waals surface area contributed by atoms with Crippen LogP contribution in [0.25, 0.3) is 0 Å². The number of nitrogens with one attached hydrogen (secondary N) is 1. The lowest BCUT2D eigenvalue weighted by molar-refractivity contribution is -0.126. The van der Waals surface area contributed by atoms with Crippen molar-refractivity contribution in [2.45, 2.75) is 25.8 Å². The fourth-order valence-electron chi connectivity index (χ4n) is 3.03. The van der Waals surface area contributed by atoms with Gasteiger partial charge in [0.05, 0.1) is 19.1 Å². The zero-order valence-corrected chi connectivity index (χ0v) is 16.0. The molecule has 0 aromatic heterocycles. The van der Waals surface area contributed by atoms with Gasteiger partial charge < -0.3 is 10.1 Å². The van der Waals surface area contributed by atoms with E-state index in [0.717, 1.165) is 11.3 Å². The summed E-state index contributed by atoms with van der Waals surface area (Å²) in [5.41, 5.74) is 0.895. The molecule has 1 fully saturated rings. The monoisotopic (exact) mass is 369 g/mol. The second kappa shape index (κ2) is 8.16. The van der Waals surface area contributed by atoms with Crippen LogP contribution in [0, 0.1) is 5.92 Å². The van der Waals surface area contributed by atoms with Crippen molar-refractivity contribution < 1.29 is 17.9 Å². The molecular formula is C17H27N3O4S. The number of carbonyl (C=O) groups excluding carboxylic acids is 1. The molecule has 7 nitrogen and oxygen atoms in total. The third-order valence-corrected chi connectivity index (χ3v) is 6.41. The molecule has 25 heavy (non-hydrogen) atoms. The smallest absolute Gasteiger partial charge is 0.281 e. The van der Waals surface area contributed by atoms with Crippen LogP contribution in [0.15, 0.2) is 24.3 Å². The summed E-state index contributed by atoms with van der Waals surface area (Å²) in [6, 6.07) is 7.32. The zero-order chi connectivity index (χ0) is 18.6. The predicted octanol–water partition coefficient (Wildman–Crippen LogP) is 1.39. The maximum Gasteiger partial charge on any atom is 0.281 e. The SMILES string of the molecule is COc1ccccc1[C@H](C)NC(=O)[C@@H]1CCCN(S(=O)(=O)N(C)C)C1. The number of carbonyl (C=O) groups is 1. The molecule has 1 N–H and O–H groups in total. The first-order chi connectivity index (χ1) is 11.8. The summed E-state index contributed by atoms with van der Waals surface area (Å²) < 4.78 is 32.5. The number of rotatable bonds is 6. The number of amides is 1. The van der Waals surface area contributed by atoms with Crippen LogP contribution in [0.5, 0.6) is 5.75 Å². The van der Waals surface area contributed by atoms with E-state index in [9.17, 15) is 13.2 Å². The Morgan fingerprint density at radius 1 is 1.36 bits per heavy atom. The van der Waals surface area contributed by atoms with Crippen LogP contribution in [-0.4, -0.2) is 57.2 Å². The van der Waals surface area contributed by atoms with Gasteiger partial charge in [-0.2, -0.15) is 17.0 Å². The molecule has 0 aliphatic carbocycles. The molecule has 2 atom stereocenters. The van der Waals surface area contributed by atoms with Crippen LogP contribution in [0.4, 0.5) is 0 Å². The summed E-state index contributed by atoms with van der Waals surface area (Å²) in [4.78, 5) is 12.6. The largest absolute Gasteiger partial charge is 0.496 e. The van der Waals surface area contributed by atoms with Crippen LogP contribution in [-0.2, 0) is 15.0 Å². The lowest BCUT2D eigenvalue weighted by atomic mass is 9.97. The highest BCUT2D eigenvalue weighted by Gasteiger charge is 2.34. The van der Waals surface area contributed by atoms with Gasteiger partial charge in [0.25, 0.3) is 10.2 Å². The van der Waals surface area contributed by atoms with Crippen LogP contribution >= 0.6 is 0 Å². The third-order valence-electron chi connectivity index (χ3n) is 4.51. The Labute approximate surface area is 150 Å². The van der Waals surface area contributed by atoms with Gasteiger partial charge in [-0.15, -0.1) is 0 Å². The second-order valence-corrected chi connectivity index (χ2v) is 8.60. The minimum Gasteiger partial charge on any atom is -0.496 e. The van der Waals surface area contributed by atoms with Gasteiger partial charge in [0.1, 0.15) is 5.75 Å². The van der Waals surface area contributed by atoms with Gasteiger partial charge in [-0.3, -0.25) is 4.79 Å². The zero-order valence-electron chi connectivity index (χ0n) is 15.2. The van der Waals surface area contributed by atoms with Gasteiger partial charge >= 0.3 is 0 Å². The first kappa shape index (κ1) is 19.7. The van der Waals surface area contributed by atoms with Gasteiger partial charge in [-0.25, -0.2) is 0 Å². The molecule has 0 radical (unpaired) electrons. The van der Waals surface area contributed by atoms with Crippen LogP contribution < -0.4 is 10.1 Å². The highest BCUT2D eigenvalue weighted by atomic mass is 32.2. The average Bonchev–Trinajstić information content (AvgIpc) is 2.61. The molecule has 2 rings (SSSR count). The number of hydrogen-bond acceptors (Lipinski definition) is 4. The van der Waals surface area contributed by atoms with Gasteiger partial charge in [0, 0.05) is 32.7 Å². The number of nitrogens with zero attached hydrogens (tertiary/aromatic N) is 2. The minimum atomic E-state index is -3.49. The normalized spacial score (nSPS) is 20.3. The van der Waals surface area contributed by atoms with Gasteiger partial charge in [0.15, 0.2) is 0 Å². The molecule has 1 heterocycles. The lowest BCUT2D eigenvalue weighted by Crippen LogP contribution is -2.49.